The van der Waals surface area contributed by atoms with Gasteiger partial charge in [0.2, 0.25) is 0 Å². The van der Waals surface area contributed by atoms with Crippen LogP contribution in [-0.2, 0) is 11.2 Å². The van der Waals surface area contributed by atoms with Crippen LogP contribution >= 0.6 is 0 Å². The first kappa shape index (κ1) is 8.34. The summed E-state index contributed by atoms with van der Waals surface area (Å²) in [6, 6.07) is 6.18. The van der Waals surface area contributed by atoms with Crippen LogP contribution in [0.4, 0.5) is 0 Å². The minimum absolute atomic E-state index is 0.253. The molecule has 0 amide bonds. The van der Waals surface area contributed by atoms with Gasteiger partial charge in [-0.25, -0.2) is 0 Å². The molecule has 1 atom stereocenters. The van der Waals surface area contributed by atoms with Crippen molar-refractivity contribution in [3.8, 4) is 12.3 Å². The fraction of sp³-hybridized carbons (Fsp3) is 0.333. The van der Waals surface area contributed by atoms with Crippen LogP contribution < -0.4 is 0 Å². The number of rotatable bonds is 1. The van der Waals surface area contributed by atoms with Gasteiger partial charge >= 0.3 is 0 Å². The molecular weight excluding hydrogens is 160 g/mol. The second-order valence-electron chi connectivity index (χ2n) is 3.32. The smallest absolute Gasteiger partial charge is 0.0827 e. The molecule has 1 nitrogen and oxygen atoms in total. The van der Waals surface area contributed by atoms with Gasteiger partial charge in [0.1, 0.15) is 0 Å². The van der Waals surface area contributed by atoms with E-state index in [1.54, 1.807) is 7.11 Å². The summed E-state index contributed by atoms with van der Waals surface area (Å²) in [5.74, 6) is 2.65. The number of ether oxygens (including phenoxy) is 1. The highest BCUT2D eigenvalue weighted by Crippen LogP contribution is 2.33. The summed E-state index contributed by atoms with van der Waals surface area (Å²) >= 11 is 0. The van der Waals surface area contributed by atoms with Crippen molar-refractivity contribution >= 4 is 0 Å². The zero-order valence-electron chi connectivity index (χ0n) is 7.71. The summed E-state index contributed by atoms with van der Waals surface area (Å²) in [4.78, 5) is 0. The van der Waals surface area contributed by atoms with Crippen molar-refractivity contribution in [2.24, 2.45) is 0 Å². The zero-order valence-corrected chi connectivity index (χ0v) is 7.71. The van der Waals surface area contributed by atoms with E-state index in [0.717, 1.165) is 18.4 Å². The Bertz CT molecular complexity index is 360. The van der Waals surface area contributed by atoms with Gasteiger partial charge in [0.15, 0.2) is 0 Å². The molecule has 0 saturated heterocycles. The van der Waals surface area contributed by atoms with Gasteiger partial charge in [-0.1, -0.05) is 12.0 Å². The van der Waals surface area contributed by atoms with E-state index in [9.17, 15) is 0 Å². The molecule has 0 spiro atoms. The van der Waals surface area contributed by atoms with Crippen molar-refractivity contribution in [2.45, 2.75) is 18.9 Å². The molecule has 0 N–H and O–H groups in total. The lowest BCUT2D eigenvalue weighted by Crippen LogP contribution is -1.95. The topological polar surface area (TPSA) is 9.23 Å². The highest BCUT2D eigenvalue weighted by molar-refractivity contribution is 5.43. The summed E-state index contributed by atoms with van der Waals surface area (Å²) in [6.07, 6.45) is 7.79. The van der Waals surface area contributed by atoms with Crippen LogP contribution in [0.5, 0.6) is 0 Å². The average Bonchev–Trinajstić information content (AvgIpc) is 2.59. The van der Waals surface area contributed by atoms with Crippen molar-refractivity contribution in [3.63, 3.8) is 0 Å². The van der Waals surface area contributed by atoms with Gasteiger partial charge in [0.25, 0.3) is 0 Å². The molecule has 2 rings (SSSR count). The first-order chi connectivity index (χ1) is 6.35. The molecule has 0 heterocycles. The summed E-state index contributed by atoms with van der Waals surface area (Å²) in [5.41, 5.74) is 3.60. The molecule has 1 aromatic carbocycles. The number of methoxy groups -OCH3 is 1. The van der Waals surface area contributed by atoms with Crippen molar-refractivity contribution in [1.82, 2.24) is 0 Å². The van der Waals surface area contributed by atoms with E-state index in [1.807, 2.05) is 6.07 Å². The maximum Gasteiger partial charge on any atom is 0.0827 e. The lowest BCUT2D eigenvalue weighted by atomic mass is 10.1. The monoisotopic (exact) mass is 172 g/mol. The number of aryl methyl sites for hydroxylation is 1. The Balaban J connectivity index is 2.44. The van der Waals surface area contributed by atoms with Crippen molar-refractivity contribution < 1.29 is 4.74 Å². The maximum absolute atomic E-state index is 5.37. The molecule has 1 aliphatic rings. The lowest BCUT2D eigenvalue weighted by Gasteiger charge is -2.08. The molecular formula is C12H12O. The first-order valence-electron chi connectivity index (χ1n) is 4.47. The molecule has 0 aliphatic heterocycles. The average molecular weight is 172 g/mol. The third kappa shape index (κ3) is 1.34. The van der Waals surface area contributed by atoms with Crippen LogP contribution in [0, 0.1) is 12.3 Å². The number of terminal acetylenes is 1. The predicted molar refractivity (Wildman–Crippen MR) is 52.4 cm³/mol. The van der Waals surface area contributed by atoms with Gasteiger partial charge in [-0.15, -0.1) is 6.42 Å². The van der Waals surface area contributed by atoms with E-state index >= 15 is 0 Å². The van der Waals surface area contributed by atoms with E-state index in [2.05, 4.69) is 18.1 Å². The molecule has 1 unspecified atom stereocenters. The number of benzene rings is 1. The Morgan fingerprint density at radius 1 is 1.54 bits per heavy atom. The van der Waals surface area contributed by atoms with Crippen LogP contribution in [0.3, 0.4) is 0 Å². The highest BCUT2D eigenvalue weighted by atomic mass is 16.5. The summed E-state index contributed by atoms with van der Waals surface area (Å²) in [6.45, 7) is 0. The van der Waals surface area contributed by atoms with Crippen LogP contribution in [0.15, 0.2) is 18.2 Å². The van der Waals surface area contributed by atoms with Gasteiger partial charge in [-0.2, -0.15) is 0 Å². The Morgan fingerprint density at radius 3 is 3.08 bits per heavy atom. The lowest BCUT2D eigenvalue weighted by molar-refractivity contribution is 0.105. The van der Waals surface area contributed by atoms with Crippen LogP contribution in [-0.4, -0.2) is 7.11 Å². The number of hydrogen-bond donors (Lipinski definition) is 0. The van der Waals surface area contributed by atoms with Crippen molar-refractivity contribution in [2.75, 3.05) is 7.11 Å². The maximum atomic E-state index is 5.37. The third-order valence-electron chi connectivity index (χ3n) is 2.62. The van der Waals surface area contributed by atoms with Crippen molar-refractivity contribution in [1.29, 1.82) is 0 Å². The molecule has 1 heteroatoms. The van der Waals surface area contributed by atoms with Gasteiger partial charge in [-0.3, -0.25) is 0 Å². The quantitative estimate of drug-likeness (QED) is 0.591. The molecule has 0 aromatic heterocycles. The standard InChI is InChI=1S/C12H12O/c1-3-9-4-5-10-6-7-12(13-2)11(10)8-9/h1,4-5,8,12H,6-7H2,2H3. The summed E-state index contributed by atoms with van der Waals surface area (Å²) in [5, 5.41) is 0. The van der Waals surface area contributed by atoms with E-state index in [-0.39, 0.29) is 6.10 Å². The Kier molecular flexibility index (Phi) is 2.08. The van der Waals surface area contributed by atoms with Crippen molar-refractivity contribution in [3.05, 3.63) is 34.9 Å². The van der Waals surface area contributed by atoms with E-state index in [1.165, 1.54) is 11.1 Å². The second-order valence-corrected chi connectivity index (χ2v) is 3.32. The molecule has 0 saturated carbocycles. The molecule has 0 radical (unpaired) electrons. The Labute approximate surface area is 78.7 Å². The van der Waals surface area contributed by atoms with Crippen LogP contribution in [0.25, 0.3) is 0 Å². The SMILES string of the molecule is C#Cc1ccc2c(c1)C(OC)CC2. The van der Waals surface area contributed by atoms with E-state index in [0.29, 0.717) is 0 Å². The number of fused-ring (bicyclic) bond motifs is 1. The fourth-order valence-corrected chi connectivity index (χ4v) is 1.90. The van der Waals surface area contributed by atoms with E-state index in [4.69, 9.17) is 11.2 Å². The minimum atomic E-state index is 0.253. The Hall–Kier alpha value is -1.26. The second kappa shape index (κ2) is 3.24. The Morgan fingerprint density at radius 2 is 2.38 bits per heavy atom. The molecule has 0 bridgehead atoms. The molecule has 1 aliphatic carbocycles. The van der Waals surface area contributed by atoms with Crippen LogP contribution in [0.2, 0.25) is 0 Å². The summed E-state index contributed by atoms with van der Waals surface area (Å²) in [7, 11) is 1.75. The van der Waals surface area contributed by atoms with E-state index < -0.39 is 0 Å². The van der Waals surface area contributed by atoms with Gasteiger partial charge in [-0.05, 0) is 36.1 Å². The largest absolute Gasteiger partial charge is 0.377 e. The third-order valence-corrected chi connectivity index (χ3v) is 2.62. The summed E-state index contributed by atoms with van der Waals surface area (Å²) < 4.78 is 5.37. The van der Waals surface area contributed by atoms with Gasteiger partial charge in [0, 0.05) is 12.7 Å². The molecule has 66 valence electrons. The zero-order chi connectivity index (χ0) is 9.26. The highest BCUT2D eigenvalue weighted by Gasteiger charge is 2.21. The van der Waals surface area contributed by atoms with Gasteiger partial charge < -0.3 is 4.74 Å². The molecule has 1 aromatic rings. The first-order valence-corrected chi connectivity index (χ1v) is 4.47. The predicted octanol–water partition coefficient (Wildman–Crippen LogP) is 2.30. The van der Waals surface area contributed by atoms with Crippen LogP contribution in [0.1, 0.15) is 29.2 Å². The minimum Gasteiger partial charge on any atom is -0.377 e. The number of hydrogen-bond acceptors (Lipinski definition) is 1. The van der Waals surface area contributed by atoms with Gasteiger partial charge in [0.05, 0.1) is 6.10 Å². The molecule has 13 heavy (non-hydrogen) atoms. The molecule has 0 fully saturated rings. The fourth-order valence-electron chi connectivity index (χ4n) is 1.90. The normalized spacial score (nSPS) is 19.5.